The molecule has 0 N–H and O–H groups in total. The van der Waals surface area contributed by atoms with Gasteiger partial charge in [-0.15, -0.1) is 0 Å². The van der Waals surface area contributed by atoms with Gasteiger partial charge in [-0.2, -0.15) is 0 Å². The van der Waals surface area contributed by atoms with Crippen molar-refractivity contribution in [2.45, 2.75) is 6.92 Å². The van der Waals surface area contributed by atoms with Gasteiger partial charge in [0.15, 0.2) is 5.78 Å². The molecule has 58 valence electrons. The third kappa shape index (κ3) is 1.37. The van der Waals surface area contributed by atoms with E-state index in [-0.39, 0.29) is 21.4 Å². The van der Waals surface area contributed by atoms with Crippen LogP contribution in [0.25, 0.3) is 0 Å². The molecule has 4 heteroatoms. The van der Waals surface area contributed by atoms with E-state index in [0.29, 0.717) is 0 Å². The van der Waals surface area contributed by atoms with Crippen molar-refractivity contribution in [2.75, 3.05) is 0 Å². The molecule has 0 aliphatic heterocycles. The van der Waals surface area contributed by atoms with Gasteiger partial charge in [-0.05, 0) is 6.92 Å². The molecule has 0 saturated heterocycles. The Hall–Kier alpha value is -0.600. The van der Waals surface area contributed by atoms with E-state index in [4.69, 9.17) is 23.2 Å². The molecule has 0 atom stereocenters. The van der Waals surface area contributed by atoms with Crippen molar-refractivity contribution in [2.24, 2.45) is 0 Å². The van der Waals surface area contributed by atoms with Crippen LogP contribution in [0.5, 0.6) is 0 Å². The van der Waals surface area contributed by atoms with Crippen molar-refractivity contribution in [1.82, 2.24) is 0 Å². The molecule has 0 aromatic rings. The molecule has 0 aromatic carbocycles. The SMILES string of the molecule is CC1=C(Cl)C(=O)C(Cl)=CC1=O. The Labute approximate surface area is 73.5 Å². The molecular formula is C7H4Cl2O2. The smallest absolute Gasteiger partial charge is 0.216 e. The number of rotatable bonds is 0. The molecule has 0 aromatic heterocycles. The van der Waals surface area contributed by atoms with Crippen LogP contribution in [0, 0.1) is 0 Å². The lowest BCUT2D eigenvalue weighted by atomic mass is 10.1. The van der Waals surface area contributed by atoms with E-state index in [2.05, 4.69) is 0 Å². The van der Waals surface area contributed by atoms with Gasteiger partial charge in [0.2, 0.25) is 5.78 Å². The summed E-state index contributed by atoms with van der Waals surface area (Å²) in [6, 6.07) is 0. The molecule has 0 spiro atoms. The van der Waals surface area contributed by atoms with E-state index < -0.39 is 5.78 Å². The first-order valence-corrected chi connectivity index (χ1v) is 3.62. The Morgan fingerprint density at radius 2 is 1.82 bits per heavy atom. The van der Waals surface area contributed by atoms with Gasteiger partial charge in [0.05, 0.1) is 10.1 Å². The van der Waals surface area contributed by atoms with Crippen molar-refractivity contribution in [3.8, 4) is 0 Å². The van der Waals surface area contributed by atoms with Gasteiger partial charge in [-0.25, -0.2) is 0 Å². The van der Waals surface area contributed by atoms with Gasteiger partial charge in [0, 0.05) is 11.6 Å². The maximum absolute atomic E-state index is 10.9. The standard InChI is InChI=1S/C7H4Cl2O2/c1-3-5(10)2-4(8)7(11)6(3)9/h2H,1H3. The molecule has 0 saturated carbocycles. The predicted octanol–water partition coefficient (Wildman–Crippen LogP) is 1.77. The molecule has 0 amide bonds. The fourth-order valence-electron chi connectivity index (χ4n) is 0.672. The van der Waals surface area contributed by atoms with Gasteiger partial charge in [0.1, 0.15) is 0 Å². The largest absolute Gasteiger partial charge is 0.290 e. The number of hydrogen-bond donors (Lipinski definition) is 0. The molecule has 2 nitrogen and oxygen atoms in total. The van der Waals surface area contributed by atoms with Crippen LogP contribution in [-0.2, 0) is 9.59 Å². The summed E-state index contributed by atoms with van der Waals surface area (Å²) in [7, 11) is 0. The van der Waals surface area contributed by atoms with E-state index in [0.717, 1.165) is 6.08 Å². The molecule has 1 rings (SSSR count). The highest BCUT2D eigenvalue weighted by atomic mass is 35.5. The maximum atomic E-state index is 10.9. The van der Waals surface area contributed by atoms with Crippen molar-refractivity contribution in [3.05, 3.63) is 21.7 Å². The second-order valence-corrected chi connectivity index (χ2v) is 2.91. The Kier molecular flexibility index (Phi) is 2.16. The van der Waals surface area contributed by atoms with Crippen LogP contribution in [0.15, 0.2) is 21.7 Å². The second kappa shape index (κ2) is 2.80. The fraction of sp³-hybridized carbons (Fsp3) is 0.143. The van der Waals surface area contributed by atoms with Crippen LogP contribution < -0.4 is 0 Å². The zero-order valence-corrected chi connectivity index (χ0v) is 7.16. The summed E-state index contributed by atoms with van der Waals surface area (Å²) in [6.07, 6.45) is 1.07. The highest BCUT2D eigenvalue weighted by molar-refractivity contribution is 6.57. The predicted molar refractivity (Wildman–Crippen MR) is 42.5 cm³/mol. The Bertz CT molecular complexity index is 300. The van der Waals surface area contributed by atoms with Crippen LogP contribution in [0.2, 0.25) is 0 Å². The molecule has 0 unspecified atom stereocenters. The summed E-state index contributed by atoms with van der Waals surface area (Å²) in [5, 5.41) is -0.201. The number of halogens is 2. The maximum Gasteiger partial charge on any atom is 0.216 e. The third-order valence-electron chi connectivity index (χ3n) is 1.37. The van der Waals surface area contributed by atoms with Crippen molar-refractivity contribution >= 4 is 34.8 Å². The lowest BCUT2D eigenvalue weighted by Crippen LogP contribution is -2.12. The normalized spacial score (nSPS) is 19.0. The molecule has 1 aliphatic rings. The van der Waals surface area contributed by atoms with Crippen LogP contribution >= 0.6 is 23.2 Å². The van der Waals surface area contributed by atoms with Crippen molar-refractivity contribution in [3.63, 3.8) is 0 Å². The molecule has 0 heterocycles. The Balaban J connectivity index is 3.19. The average molecular weight is 191 g/mol. The lowest BCUT2D eigenvalue weighted by molar-refractivity contribution is -0.115. The molecule has 0 radical (unpaired) electrons. The first-order valence-electron chi connectivity index (χ1n) is 2.86. The quantitative estimate of drug-likeness (QED) is 0.546. The summed E-state index contributed by atoms with van der Waals surface area (Å²) in [5.41, 5.74) is 0.251. The van der Waals surface area contributed by atoms with E-state index in [1.807, 2.05) is 0 Å². The second-order valence-electron chi connectivity index (χ2n) is 2.12. The van der Waals surface area contributed by atoms with Crippen LogP contribution in [0.4, 0.5) is 0 Å². The summed E-state index contributed by atoms with van der Waals surface area (Å²) < 4.78 is 0. The molecule has 11 heavy (non-hydrogen) atoms. The van der Waals surface area contributed by atoms with E-state index in [9.17, 15) is 9.59 Å². The number of carbonyl (C=O) groups excluding carboxylic acids is 2. The van der Waals surface area contributed by atoms with E-state index in [1.165, 1.54) is 6.92 Å². The average Bonchev–Trinajstić information content (AvgIpc) is 1.97. The van der Waals surface area contributed by atoms with Gasteiger partial charge < -0.3 is 0 Å². The number of ketones is 2. The van der Waals surface area contributed by atoms with Gasteiger partial charge in [-0.3, -0.25) is 9.59 Å². The summed E-state index contributed by atoms with van der Waals surface area (Å²) >= 11 is 10.9. The molecular weight excluding hydrogens is 187 g/mol. The number of carbonyl (C=O) groups is 2. The topological polar surface area (TPSA) is 34.1 Å². The minimum Gasteiger partial charge on any atom is -0.290 e. The molecule has 1 aliphatic carbocycles. The summed E-state index contributed by atoms with van der Waals surface area (Å²) in [4.78, 5) is 21.8. The minimum atomic E-state index is -0.481. The summed E-state index contributed by atoms with van der Waals surface area (Å²) in [5.74, 6) is -0.787. The minimum absolute atomic E-state index is 0.0810. The van der Waals surface area contributed by atoms with E-state index >= 15 is 0 Å². The van der Waals surface area contributed by atoms with E-state index in [1.54, 1.807) is 0 Å². The monoisotopic (exact) mass is 190 g/mol. The highest BCUT2D eigenvalue weighted by Crippen LogP contribution is 2.23. The van der Waals surface area contributed by atoms with Crippen LogP contribution in [-0.4, -0.2) is 11.6 Å². The van der Waals surface area contributed by atoms with Gasteiger partial charge in [0.25, 0.3) is 0 Å². The zero-order valence-electron chi connectivity index (χ0n) is 5.65. The number of allylic oxidation sites excluding steroid dienone is 4. The zero-order chi connectivity index (χ0) is 8.59. The van der Waals surface area contributed by atoms with Crippen LogP contribution in [0.3, 0.4) is 0 Å². The van der Waals surface area contributed by atoms with Crippen LogP contribution in [0.1, 0.15) is 6.92 Å². The van der Waals surface area contributed by atoms with Crippen molar-refractivity contribution < 1.29 is 9.59 Å². The fourth-order valence-corrected chi connectivity index (χ4v) is 1.11. The lowest BCUT2D eigenvalue weighted by Gasteiger charge is -2.06. The van der Waals surface area contributed by atoms with Crippen molar-refractivity contribution in [1.29, 1.82) is 0 Å². The Morgan fingerprint density at radius 3 is 2.36 bits per heavy atom. The third-order valence-corrected chi connectivity index (χ3v) is 2.11. The number of hydrogen-bond acceptors (Lipinski definition) is 2. The molecule has 0 fully saturated rings. The summed E-state index contributed by atoms with van der Waals surface area (Å²) in [6.45, 7) is 1.49. The first-order chi connectivity index (χ1) is 5.04. The highest BCUT2D eigenvalue weighted by Gasteiger charge is 2.22. The molecule has 0 bridgehead atoms. The van der Waals surface area contributed by atoms with Gasteiger partial charge in [-0.1, -0.05) is 23.2 Å². The first kappa shape index (κ1) is 8.50. The Morgan fingerprint density at radius 1 is 1.27 bits per heavy atom. The number of Topliss-reactive ketones (excluding diaryl/α,β-unsaturated/α-hetero) is 1. The van der Waals surface area contributed by atoms with Gasteiger partial charge >= 0.3 is 0 Å².